The largest absolute Gasteiger partial charge is 0.416 e. The van der Waals surface area contributed by atoms with Crippen LogP contribution in [0.4, 0.5) is 17.6 Å². The van der Waals surface area contributed by atoms with Crippen molar-refractivity contribution in [2.24, 2.45) is 5.73 Å². The van der Waals surface area contributed by atoms with Gasteiger partial charge in [-0.1, -0.05) is 11.6 Å². The molecule has 0 saturated carbocycles. The van der Waals surface area contributed by atoms with Gasteiger partial charge in [0, 0.05) is 18.2 Å². The number of hydrogen-bond acceptors (Lipinski definition) is 2. The maximum absolute atomic E-state index is 13.6. The summed E-state index contributed by atoms with van der Waals surface area (Å²) in [7, 11) is 0. The van der Waals surface area contributed by atoms with Gasteiger partial charge in [0.05, 0.1) is 10.6 Å². The second-order valence-corrected chi connectivity index (χ2v) is 4.24. The number of hydrogen-bond donors (Lipinski definition) is 2. The highest BCUT2D eigenvalue weighted by molar-refractivity contribution is 6.30. The van der Waals surface area contributed by atoms with E-state index in [4.69, 9.17) is 22.4 Å². The molecular weight excluding hydrogens is 274 g/mol. The minimum atomic E-state index is -4.61. The van der Waals surface area contributed by atoms with Gasteiger partial charge in [-0.2, -0.15) is 13.2 Å². The molecule has 18 heavy (non-hydrogen) atoms. The van der Waals surface area contributed by atoms with Gasteiger partial charge in [-0.3, -0.25) is 0 Å². The van der Waals surface area contributed by atoms with Crippen molar-refractivity contribution in [2.45, 2.75) is 25.1 Å². The first-order chi connectivity index (χ1) is 8.27. The van der Waals surface area contributed by atoms with Gasteiger partial charge in [0.2, 0.25) is 0 Å². The first kappa shape index (κ1) is 15.2. The second kappa shape index (κ2) is 5.86. The van der Waals surface area contributed by atoms with E-state index in [0.29, 0.717) is 12.1 Å². The predicted molar refractivity (Wildman–Crippen MR) is 59.7 cm³/mol. The minimum Gasteiger partial charge on any atom is -0.396 e. The van der Waals surface area contributed by atoms with Crippen LogP contribution in [0.1, 0.15) is 30.0 Å². The molecule has 0 aliphatic carbocycles. The Bertz CT molecular complexity index is 422. The van der Waals surface area contributed by atoms with Crippen molar-refractivity contribution in [3.05, 3.63) is 34.1 Å². The molecule has 2 nitrogen and oxygen atoms in total. The summed E-state index contributed by atoms with van der Waals surface area (Å²) in [5.74, 6) is -0.949. The number of benzene rings is 1. The molecule has 1 aromatic carbocycles. The molecule has 0 amide bonds. The molecule has 1 atom stereocenters. The van der Waals surface area contributed by atoms with Gasteiger partial charge < -0.3 is 10.8 Å². The summed E-state index contributed by atoms with van der Waals surface area (Å²) in [6.07, 6.45) is -4.16. The van der Waals surface area contributed by atoms with Crippen LogP contribution < -0.4 is 5.73 Å². The summed E-state index contributed by atoms with van der Waals surface area (Å²) >= 11 is 5.42. The van der Waals surface area contributed by atoms with Crippen LogP contribution in [-0.2, 0) is 6.18 Å². The second-order valence-electron chi connectivity index (χ2n) is 3.83. The maximum atomic E-state index is 13.6. The summed E-state index contributed by atoms with van der Waals surface area (Å²) < 4.78 is 51.2. The van der Waals surface area contributed by atoms with Crippen molar-refractivity contribution >= 4 is 11.6 Å². The van der Waals surface area contributed by atoms with Crippen LogP contribution in [0.15, 0.2) is 12.1 Å². The molecular formula is C11H12ClF4NO. The lowest BCUT2D eigenvalue weighted by molar-refractivity contribution is -0.137. The Morgan fingerprint density at radius 3 is 2.44 bits per heavy atom. The van der Waals surface area contributed by atoms with E-state index in [-0.39, 0.29) is 25.0 Å². The fourth-order valence-electron chi connectivity index (χ4n) is 1.51. The van der Waals surface area contributed by atoms with Gasteiger partial charge in [0.15, 0.2) is 0 Å². The fourth-order valence-corrected chi connectivity index (χ4v) is 1.74. The van der Waals surface area contributed by atoms with Gasteiger partial charge in [-0.05, 0) is 25.0 Å². The number of aliphatic hydroxyl groups excluding tert-OH is 1. The molecule has 1 rings (SSSR count). The molecule has 0 aliphatic heterocycles. The zero-order chi connectivity index (χ0) is 13.9. The standard InChI is InChI=1S/C11H12ClF4NO/c12-8-5-6(11(14,15)16)4-7(10(8)13)9(17)2-1-3-18/h4-5,9,18H,1-3,17H2/t9-/m1/s1. The van der Waals surface area contributed by atoms with E-state index in [0.717, 1.165) is 0 Å². The monoisotopic (exact) mass is 285 g/mol. The summed E-state index contributed by atoms with van der Waals surface area (Å²) in [5.41, 5.74) is 4.26. The SMILES string of the molecule is N[C@H](CCCO)c1cc(C(F)(F)F)cc(Cl)c1F. The van der Waals surface area contributed by atoms with E-state index < -0.39 is 28.6 Å². The van der Waals surface area contributed by atoms with Crippen molar-refractivity contribution in [1.29, 1.82) is 0 Å². The molecule has 1 aromatic rings. The molecule has 0 heterocycles. The summed E-state index contributed by atoms with van der Waals surface area (Å²) in [5, 5.41) is 8.00. The van der Waals surface area contributed by atoms with Crippen LogP contribution in [0.2, 0.25) is 5.02 Å². The molecule has 0 spiro atoms. The Morgan fingerprint density at radius 1 is 1.33 bits per heavy atom. The minimum absolute atomic E-state index is 0.165. The first-order valence-electron chi connectivity index (χ1n) is 5.20. The van der Waals surface area contributed by atoms with Gasteiger partial charge in [0.1, 0.15) is 5.82 Å². The fraction of sp³-hybridized carbons (Fsp3) is 0.455. The molecule has 0 saturated heterocycles. The number of halogens is 5. The van der Waals surface area contributed by atoms with Crippen LogP contribution in [-0.4, -0.2) is 11.7 Å². The van der Waals surface area contributed by atoms with E-state index in [1.807, 2.05) is 0 Å². The Balaban J connectivity index is 3.14. The zero-order valence-electron chi connectivity index (χ0n) is 9.27. The van der Waals surface area contributed by atoms with Crippen LogP contribution in [0, 0.1) is 5.82 Å². The molecule has 102 valence electrons. The van der Waals surface area contributed by atoms with Crippen molar-refractivity contribution in [1.82, 2.24) is 0 Å². The highest BCUT2D eigenvalue weighted by atomic mass is 35.5. The molecule has 0 aliphatic rings. The van der Waals surface area contributed by atoms with E-state index in [9.17, 15) is 17.6 Å². The van der Waals surface area contributed by atoms with Crippen LogP contribution >= 0.6 is 11.6 Å². The van der Waals surface area contributed by atoms with Crippen molar-refractivity contribution in [2.75, 3.05) is 6.61 Å². The van der Waals surface area contributed by atoms with E-state index >= 15 is 0 Å². The molecule has 0 unspecified atom stereocenters. The lowest BCUT2D eigenvalue weighted by atomic mass is 10.00. The predicted octanol–water partition coefficient (Wildman–Crippen LogP) is 3.27. The molecule has 0 fully saturated rings. The topological polar surface area (TPSA) is 46.2 Å². The van der Waals surface area contributed by atoms with Crippen molar-refractivity contribution in [3.63, 3.8) is 0 Å². The molecule has 3 N–H and O–H groups in total. The van der Waals surface area contributed by atoms with Crippen molar-refractivity contribution < 1.29 is 22.7 Å². The maximum Gasteiger partial charge on any atom is 0.416 e. The van der Waals surface area contributed by atoms with Gasteiger partial charge in [0.25, 0.3) is 0 Å². The third-order valence-electron chi connectivity index (χ3n) is 2.46. The molecule has 0 aromatic heterocycles. The number of alkyl halides is 3. The zero-order valence-corrected chi connectivity index (χ0v) is 10.0. The van der Waals surface area contributed by atoms with Gasteiger partial charge in [-0.15, -0.1) is 0 Å². The number of aliphatic hydroxyl groups is 1. The van der Waals surface area contributed by atoms with Gasteiger partial charge >= 0.3 is 6.18 Å². The highest BCUT2D eigenvalue weighted by Gasteiger charge is 2.32. The Labute approximate surface area is 106 Å². The Hall–Kier alpha value is -0.850. The van der Waals surface area contributed by atoms with Crippen LogP contribution in [0.3, 0.4) is 0 Å². The normalized spacial score (nSPS) is 13.7. The molecule has 0 radical (unpaired) electrons. The van der Waals surface area contributed by atoms with E-state index in [1.54, 1.807) is 0 Å². The Kier molecular flexibility index (Phi) is 4.95. The summed E-state index contributed by atoms with van der Waals surface area (Å²) in [4.78, 5) is 0. The molecule has 0 bridgehead atoms. The number of nitrogens with two attached hydrogens (primary N) is 1. The Morgan fingerprint density at radius 2 is 1.94 bits per heavy atom. The first-order valence-corrected chi connectivity index (χ1v) is 5.57. The quantitative estimate of drug-likeness (QED) is 0.834. The van der Waals surface area contributed by atoms with E-state index in [1.165, 1.54) is 0 Å². The lowest BCUT2D eigenvalue weighted by Gasteiger charge is -2.16. The summed E-state index contributed by atoms with van der Waals surface area (Å²) in [6, 6.07) is 0.250. The smallest absolute Gasteiger partial charge is 0.396 e. The van der Waals surface area contributed by atoms with Crippen LogP contribution in [0.25, 0.3) is 0 Å². The third-order valence-corrected chi connectivity index (χ3v) is 2.73. The average molecular weight is 286 g/mol. The van der Waals surface area contributed by atoms with Crippen LogP contribution in [0.5, 0.6) is 0 Å². The highest BCUT2D eigenvalue weighted by Crippen LogP contribution is 2.35. The third kappa shape index (κ3) is 3.57. The number of rotatable bonds is 4. The lowest BCUT2D eigenvalue weighted by Crippen LogP contribution is -2.15. The van der Waals surface area contributed by atoms with Gasteiger partial charge in [-0.25, -0.2) is 4.39 Å². The van der Waals surface area contributed by atoms with Crippen molar-refractivity contribution in [3.8, 4) is 0 Å². The average Bonchev–Trinajstić information content (AvgIpc) is 2.27. The molecule has 7 heteroatoms. The summed E-state index contributed by atoms with van der Waals surface area (Å²) in [6.45, 7) is -0.165. The van der Waals surface area contributed by atoms with E-state index in [2.05, 4.69) is 0 Å².